The van der Waals surface area contributed by atoms with Gasteiger partial charge < -0.3 is 14.6 Å². The summed E-state index contributed by atoms with van der Waals surface area (Å²) < 4.78 is 5.25. The van der Waals surface area contributed by atoms with Gasteiger partial charge in [0.15, 0.2) is 5.78 Å². The first-order valence-electron chi connectivity index (χ1n) is 9.86. The number of benzene rings is 2. The lowest BCUT2D eigenvalue weighted by molar-refractivity contribution is -0.130. The molecule has 1 aliphatic heterocycles. The molecule has 0 fully saturated rings. The molecule has 3 aromatic rings. The number of aromatic nitrogens is 1. The number of fused-ring (bicyclic) bond motifs is 1. The monoisotopic (exact) mass is 388 g/mol. The van der Waals surface area contributed by atoms with E-state index in [1.807, 2.05) is 41.3 Å². The molecule has 0 saturated heterocycles. The molecule has 2 heterocycles. The van der Waals surface area contributed by atoms with Crippen LogP contribution in [0.15, 0.2) is 60.8 Å². The minimum absolute atomic E-state index is 0.0270. The molecule has 1 aliphatic rings. The smallest absolute Gasteiger partial charge is 0.223 e. The highest BCUT2D eigenvalue weighted by atomic mass is 16.5. The van der Waals surface area contributed by atoms with Gasteiger partial charge in [0, 0.05) is 48.6 Å². The number of nitrogens with one attached hydrogen (secondary N) is 1. The van der Waals surface area contributed by atoms with E-state index in [1.54, 1.807) is 13.3 Å². The van der Waals surface area contributed by atoms with Gasteiger partial charge in [0.2, 0.25) is 5.91 Å². The number of amides is 1. The van der Waals surface area contributed by atoms with Gasteiger partial charge in [0.1, 0.15) is 5.75 Å². The summed E-state index contributed by atoms with van der Waals surface area (Å²) in [4.78, 5) is 30.2. The number of Topliss-reactive ketones (excluding diaryl/α,β-unsaturated/α-hetero) is 1. The molecule has 29 heavy (non-hydrogen) atoms. The van der Waals surface area contributed by atoms with E-state index in [2.05, 4.69) is 23.2 Å². The van der Waals surface area contributed by atoms with E-state index >= 15 is 0 Å². The lowest BCUT2D eigenvalue weighted by Gasteiger charge is -2.26. The molecule has 0 bridgehead atoms. The fraction of sp³-hybridized carbons (Fsp3) is 0.250. The van der Waals surface area contributed by atoms with Gasteiger partial charge in [-0.2, -0.15) is 0 Å². The molecule has 1 amide bonds. The average molecular weight is 388 g/mol. The van der Waals surface area contributed by atoms with Gasteiger partial charge in [0.05, 0.1) is 7.11 Å². The Hall–Kier alpha value is -3.34. The van der Waals surface area contributed by atoms with Gasteiger partial charge in [-0.1, -0.05) is 36.4 Å². The molecule has 1 aromatic heterocycles. The van der Waals surface area contributed by atoms with Gasteiger partial charge in [-0.25, -0.2) is 0 Å². The van der Waals surface area contributed by atoms with E-state index in [1.165, 1.54) is 11.1 Å². The van der Waals surface area contributed by atoms with Crippen LogP contribution in [0.3, 0.4) is 0 Å². The van der Waals surface area contributed by atoms with Crippen molar-refractivity contribution in [1.29, 1.82) is 0 Å². The Bertz CT molecular complexity index is 1070. The van der Waals surface area contributed by atoms with Crippen molar-refractivity contribution < 1.29 is 14.3 Å². The largest absolute Gasteiger partial charge is 0.497 e. The number of carbonyl (C=O) groups excluding carboxylic acids is 2. The zero-order valence-electron chi connectivity index (χ0n) is 16.5. The fourth-order valence-corrected chi connectivity index (χ4v) is 3.78. The predicted molar refractivity (Wildman–Crippen MR) is 114 cm³/mol. The van der Waals surface area contributed by atoms with Gasteiger partial charge in [-0.05, 0) is 35.8 Å². The van der Waals surface area contributed by atoms with Gasteiger partial charge in [0.25, 0.3) is 0 Å². The molecule has 0 aliphatic carbocycles. The lowest BCUT2D eigenvalue weighted by Crippen LogP contribution is -2.34. The Morgan fingerprint density at radius 1 is 1.10 bits per heavy atom. The number of rotatable bonds is 6. The van der Waals surface area contributed by atoms with Gasteiger partial charge in [-0.3, -0.25) is 9.59 Å². The highest BCUT2D eigenvalue weighted by molar-refractivity contribution is 6.08. The molecule has 1 N–H and O–H groups in total. The van der Waals surface area contributed by atoms with E-state index in [0.717, 1.165) is 17.3 Å². The fourth-order valence-electron chi connectivity index (χ4n) is 3.78. The summed E-state index contributed by atoms with van der Waals surface area (Å²) in [7, 11) is 1.60. The summed E-state index contributed by atoms with van der Waals surface area (Å²) in [5.74, 6) is 0.700. The van der Waals surface area contributed by atoms with Crippen LogP contribution in [-0.2, 0) is 4.79 Å². The van der Waals surface area contributed by atoms with E-state index < -0.39 is 0 Å². The number of carbonyl (C=O) groups is 2. The van der Waals surface area contributed by atoms with Crippen molar-refractivity contribution in [3.8, 4) is 5.75 Å². The number of H-pyrrole nitrogens is 1. The maximum absolute atomic E-state index is 12.7. The summed E-state index contributed by atoms with van der Waals surface area (Å²) in [6.07, 6.45) is 5.10. The normalized spacial score (nSPS) is 14.0. The van der Waals surface area contributed by atoms with Crippen LogP contribution in [0.5, 0.6) is 5.75 Å². The Balaban J connectivity index is 1.37. The molecule has 0 radical (unpaired) electrons. The van der Waals surface area contributed by atoms with Crippen LogP contribution in [0.4, 0.5) is 0 Å². The molecule has 4 rings (SSSR count). The van der Waals surface area contributed by atoms with Crippen LogP contribution in [0.25, 0.3) is 16.5 Å². The Labute approximate surface area is 170 Å². The number of ketones is 1. The second-order valence-electron chi connectivity index (χ2n) is 7.22. The second-order valence-corrected chi connectivity index (χ2v) is 7.22. The zero-order valence-corrected chi connectivity index (χ0v) is 16.5. The third kappa shape index (κ3) is 4.09. The quantitative estimate of drug-likeness (QED) is 0.635. The molecular formula is C24H24N2O3. The Morgan fingerprint density at radius 3 is 2.66 bits per heavy atom. The van der Waals surface area contributed by atoms with Gasteiger partial charge in [-0.15, -0.1) is 0 Å². The second kappa shape index (κ2) is 8.35. The summed E-state index contributed by atoms with van der Waals surface area (Å²) >= 11 is 0. The summed E-state index contributed by atoms with van der Waals surface area (Å²) in [5.41, 5.74) is 3.98. The number of hydrogen-bond acceptors (Lipinski definition) is 3. The van der Waals surface area contributed by atoms with E-state index in [0.29, 0.717) is 24.4 Å². The minimum atomic E-state index is -0.0321. The maximum atomic E-state index is 12.7. The van der Waals surface area contributed by atoms with Crippen molar-refractivity contribution in [1.82, 2.24) is 9.88 Å². The summed E-state index contributed by atoms with van der Waals surface area (Å²) in [6.45, 7) is 1.29. The molecule has 148 valence electrons. The predicted octanol–water partition coefficient (Wildman–Crippen LogP) is 4.46. The van der Waals surface area contributed by atoms with Crippen molar-refractivity contribution in [3.63, 3.8) is 0 Å². The van der Waals surface area contributed by atoms with Crippen LogP contribution in [0.1, 0.15) is 35.2 Å². The molecule has 0 saturated carbocycles. The van der Waals surface area contributed by atoms with Crippen LogP contribution >= 0.6 is 0 Å². The molecular weight excluding hydrogens is 364 g/mol. The number of hydrogen-bond donors (Lipinski definition) is 1. The third-order valence-electron chi connectivity index (χ3n) is 5.46. The van der Waals surface area contributed by atoms with Gasteiger partial charge >= 0.3 is 0 Å². The van der Waals surface area contributed by atoms with Crippen LogP contribution in [0, 0.1) is 0 Å². The third-order valence-corrected chi connectivity index (χ3v) is 5.46. The van der Waals surface area contributed by atoms with Crippen LogP contribution in [-0.4, -0.2) is 41.8 Å². The van der Waals surface area contributed by atoms with Crippen molar-refractivity contribution in [3.05, 3.63) is 71.9 Å². The van der Waals surface area contributed by atoms with E-state index in [-0.39, 0.29) is 24.5 Å². The topological polar surface area (TPSA) is 62.4 Å². The first-order chi connectivity index (χ1) is 14.2. The van der Waals surface area contributed by atoms with Crippen molar-refractivity contribution in [2.45, 2.75) is 19.3 Å². The standard InChI is InChI=1S/C24H24N2O3/c1-29-19-7-8-22-20(15-19)21(16-25-22)23(27)9-10-24(28)26-13-11-18(12-14-26)17-5-3-2-4-6-17/h2-8,11,15-16,25H,9-10,12-14H2,1H3. The van der Waals surface area contributed by atoms with Crippen molar-refractivity contribution >= 4 is 28.2 Å². The summed E-state index contributed by atoms with van der Waals surface area (Å²) in [6, 6.07) is 15.8. The number of nitrogens with zero attached hydrogens (tertiary/aromatic N) is 1. The molecule has 5 heteroatoms. The molecule has 0 unspecified atom stereocenters. The molecule has 5 nitrogen and oxygen atoms in total. The van der Waals surface area contributed by atoms with Crippen LogP contribution < -0.4 is 4.74 Å². The number of methoxy groups -OCH3 is 1. The Morgan fingerprint density at radius 2 is 1.93 bits per heavy atom. The number of ether oxygens (including phenoxy) is 1. The van der Waals surface area contributed by atoms with E-state index in [4.69, 9.17) is 4.74 Å². The highest BCUT2D eigenvalue weighted by Crippen LogP contribution is 2.26. The highest BCUT2D eigenvalue weighted by Gasteiger charge is 2.20. The minimum Gasteiger partial charge on any atom is -0.497 e. The first kappa shape index (κ1) is 19.0. The van der Waals surface area contributed by atoms with Crippen molar-refractivity contribution in [2.24, 2.45) is 0 Å². The Kier molecular flexibility index (Phi) is 5.47. The average Bonchev–Trinajstić information content (AvgIpc) is 3.21. The lowest BCUT2D eigenvalue weighted by atomic mass is 9.99. The van der Waals surface area contributed by atoms with Crippen molar-refractivity contribution in [2.75, 3.05) is 20.2 Å². The maximum Gasteiger partial charge on any atom is 0.223 e. The number of aromatic amines is 1. The van der Waals surface area contributed by atoms with E-state index in [9.17, 15) is 9.59 Å². The van der Waals surface area contributed by atoms with Crippen LogP contribution in [0.2, 0.25) is 0 Å². The molecule has 0 spiro atoms. The summed E-state index contributed by atoms with van der Waals surface area (Å²) in [5, 5.41) is 0.829. The molecule has 2 aromatic carbocycles. The zero-order chi connectivity index (χ0) is 20.2. The first-order valence-corrected chi connectivity index (χ1v) is 9.86. The SMILES string of the molecule is COc1ccc2[nH]cc(C(=O)CCC(=O)N3CC=C(c4ccccc4)CC3)c2c1. The molecule has 0 atom stereocenters.